The maximum Gasteiger partial charge on any atom is 0.166 e. The molecular weight excluding hydrogens is 214 g/mol. The number of hydrogen-bond acceptors (Lipinski definition) is 2. The third-order valence-electron chi connectivity index (χ3n) is 2.74. The number of carbonyl (C=O) groups excluding carboxylic acids is 1. The first-order valence-electron chi connectivity index (χ1n) is 5.25. The Kier molecular flexibility index (Phi) is 3.29. The summed E-state index contributed by atoms with van der Waals surface area (Å²) in [6, 6.07) is 2.93. The van der Waals surface area contributed by atoms with Crippen LogP contribution in [0.15, 0.2) is 18.2 Å². The average molecular weight is 226 g/mol. The maximum atomic E-state index is 12.9. The van der Waals surface area contributed by atoms with E-state index in [1.807, 2.05) is 0 Å². The molecule has 1 aromatic rings. The molecule has 1 aliphatic rings. The highest BCUT2D eigenvalue weighted by Crippen LogP contribution is 2.21. The monoisotopic (exact) mass is 226 g/mol. The van der Waals surface area contributed by atoms with E-state index in [0.29, 0.717) is 26.1 Å². The van der Waals surface area contributed by atoms with Crippen LogP contribution in [0.4, 0.5) is 8.78 Å². The van der Waals surface area contributed by atoms with Crippen molar-refractivity contribution in [3.05, 3.63) is 35.4 Å². The number of ketones is 1. The van der Waals surface area contributed by atoms with Crippen LogP contribution in [0.1, 0.15) is 23.2 Å². The van der Waals surface area contributed by atoms with Gasteiger partial charge >= 0.3 is 0 Å². The summed E-state index contributed by atoms with van der Waals surface area (Å²) >= 11 is 0. The van der Waals surface area contributed by atoms with Crippen molar-refractivity contribution in [2.24, 2.45) is 5.92 Å². The standard InChI is InChI=1S/C12H12F2O2/c13-10-5-9(6-11(14)7-10)12(15)8-1-3-16-4-2-8/h5-8H,1-4H2. The molecule has 2 nitrogen and oxygen atoms in total. The Bertz CT molecular complexity index is 378. The van der Waals surface area contributed by atoms with Crippen LogP contribution in [0, 0.1) is 17.6 Å². The van der Waals surface area contributed by atoms with E-state index in [0.717, 1.165) is 18.2 Å². The van der Waals surface area contributed by atoms with Crippen molar-refractivity contribution in [3.8, 4) is 0 Å². The number of carbonyl (C=O) groups is 1. The highest BCUT2D eigenvalue weighted by molar-refractivity contribution is 5.97. The summed E-state index contributed by atoms with van der Waals surface area (Å²) in [4.78, 5) is 11.9. The first-order valence-corrected chi connectivity index (χ1v) is 5.25. The topological polar surface area (TPSA) is 26.3 Å². The second kappa shape index (κ2) is 4.70. The van der Waals surface area contributed by atoms with Gasteiger partial charge in [0.1, 0.15) is 11.6 Å². The number of ether oxygens (including phenoxy) is 1. The molecule has 16 heavy (non-hydrogen) atoms. The highest BCUT2D eigenvalue weighted by atomic mass is 19.1. The third kappa shape index (κ3) is 2.44. The molecular formula is C12H12F2O2. The second-order valence-corrected chi connectivity index (χ2v) is 3.91. The maximum absolute atomic E-state index is 12.9. The third-order valence-corrected chi connectivity index (χ3v) is 2.74. The predicted octanol–water partition coefficient (Wildman–Crippen LogP) is 2.57. The van der Waals surface area contributed by atoms with Crippen molar-refractivity contribution in [1.82, 2.24) is 0 Å². The Labute approximate surface area is 92.2 Å². The Morgan fingerprint density at radius 2 is 1.69 bits per heavy atom. The number of hydrogen-bond donors (Lipinski definition) is 0. The highest BCUT2D eigenvalue weighted by Gasteiger charge is 2.23. The molecule has 0 unspecified atom stereocenters. The predicted molar refractivity (Wildman–Crippen MR) is 54.2 cm³/mol. The quantitative estimate of drug-likeness (QED) is 0.724. The molecule has 0 N–H and O–H groups in total. The minimum absolute atomic E-state index is 0.115. The van der Waals surface area contributed by atoms with Gasteiger partial charge in [-0.25, -0.2) is 8.78 Å². The molecule has 0 atom stereocenters. The van der Waals surface area contributed by atoms with Gasteiger partial charge in [-0.15, -0.1) is 0 Å². The van der Waals surface area contributed by atoms with Gasteiger partial charge in [0.25, 0.3) is 0 Å². The van der Waals surface area contributed by atoms with Crippen LogP contribution < -0.4 is 0 Å². The summed E-state index contributed by atoms with van der Waals surface area (Å²) in [6.45, 7) is 1.07. The smallest absolute Gasteiger partial charge is 0.166 e. The van der Waals surface area contributed by atoms with Crippen LogP contribution in [-0.2, 0) is 4.74 Å². The van der Waals surface area contributed by atoms with Crippen LogP contribution >= 0.6 is 0 Å². The van der Waals surface area contributed by atoms with Crippen molar-refractivity contribution < 1.29 is 18.3 Å². The SMILES string of the molecule is O=C(c1cc(F)cc(F)c1)C1CCOCC1. The molecule has 4 heteroatoms. The lowest BCUT2D eigenvalue weighted by Gasteiger charge is -2.20. The van der Waals surface area contributed by atoms with E-state index >= 15 is 0 Å². The zero-order valence-corrected chi connectivity index (χ0v) is 8.71. The summed E-state index contributed by atoms with van der Waals surface area (Å²) in [6.07, 6.45) is 1.24. The molecule has 0 radical (unpaired) electrons. The largest absolute Gasteiger partial charge is 0.381 e. The van der Waals surface area contributed by atoms with Crippen LogP contribution in [-0.4, -0.2) is 19.0 Å². The number of Topliss-reactive ketones (excluding diaryl/α,β-unsaturated/α-hetero) is 1. The molecule has 2 rings (SSSR count). The van der Waals surface area contributed by atoms with E-state index in [4.69, 9.17) is 4.74 Å². The van der Waals surface area contributed by atoms with Gasteiger partial charge in [-0.05, 0) is 25.0 Å². The van der Waals surface area contributed by atoms with Crippen molar-refractivity contribution in [2.75, 3.05) is 13.2 Å². The Balaban J connectivity index is 2.19. The van der Waals surface area contributed by atoms with E-state index in [1.165, 1.54) is 0 Å². The van der Waals surface area contributed by atoms with Gasteiger partial charge in [-0.2, -0.15) is 0 Å². The number of rotatable bonds is 2. The molecule has 1 heterocycles. The molecule has 0 aliphatic carbocycles. The van der Waals surface area contributed by atoms with E-state index in [9.17, 15) is 13.6 Å². The van der Waals surface area contributed by atoms with E-state index in [2.05, 4.69) is 0 Å². The number of halogens is 2. The van der Waals surface area contributed by atoms with Gasteiger partial charge in [0.05, 0.1) is 0 Å². The minimum atomic E-state index is -0.713. The summed E-state index contributed by atoms with van der Waals surface area (Å²) in [5, 5.41) is 0. The normalized spacial score (nSPS) is 17.4. The number of benzene rings is 1. The summed E-state index contributed by atoms with van der Waals surface area (Å²) in [5.41, 5.74) is 0.115. The fourth-order valence-corrected chi connectivity index (χ4v) is 1.89. The second-order valence-electron chi connectivity index (χ2n) is 3.91. The summed E-state index contributed by atoms with van der Waals surface area (Å²) < 4.78 is 31.0. The first kappa shape index (κ1) is 11.2. The molecule has 86 valence electrons. The molecule has 0 aromatic heterocycles. The lowest BCUT2D eigenvalue weighted by atomic mass is 9.91. The van der Waals surface area contributed by atoms with Gasteiger partial charge in [0.15, 0.2) is 5.78 Å². The van der Waals surface area contributed by atoms with Crippen molar-refractivity contribution >= 4 is 5.78 Å². The van der Waals surface area contributed by atoms with Gasteiger partial charge in [0.2, 0.25) is 0 Å². The van der Waals surface area contributed by atoms with Gasteiger partial charge in [-0.1, -0.05) is 0 Å². The molecule has 1 aromatic carbocycles. The van der Waals surface area contributed by atoms with Gasteiger partial charge < -0.3 is 4.74 Å². The molecule has 0 saturated carbocycles. The Morgan fingerprint density at radius 1 is 1.12 bits per heavy atom. The van der Waals surface area contributed by atoms with Gasteiger partial charge in [-0.3, -0.25) is 4.79 Å². The molecule has 1 fully saturated rings. The van der Waals surface area contributed by atoms with E-state index in [-0.39, 0.29) is 17.3 Å². The minimum Gasteiger partial charge on any atom is -0.381 e. The molecule has 0 bridgehead atoms. The Morgan fingerprint density at radius 3 is 2.25 bits per heavy atom. The molecule has 0 amide bonds. The fraction of sp³-hybridized carbons (Fsp3) is 0.417. The molecule has 0 spiro atoms. The lowest BCUT2D eigenvalue weighted by Crippen LogP contribution is -2.23. The van der Waals surface area contributed by atoms with Crippen LogP contribution in [0.5, 0.6) is 0 Å². The zero-order chi connectivity index (χ0) is 11.5. The molecule has 1 saturated heterocycles. The summed E-state index contributed by atoms with van der Waals surface area (Å²) in [5.74, 6) is -1.79. The Hall–Kier alpha value is -1.29. The average Bonchev–Trinajstić information content (AvgIpc) is 2.28. The van der Waals surface area contributed by atoms with Crippen LogP contribution in [0.3, 0.4) is 0 Å². The first-order chi connectivity index (χ1) is 7.66. The zero-order valence-electron chi connectivity index (χ0n) is 8.71. The van der Waals surface area contributed by atoms with Crippen molar-refractivity contribution in [2.45, 2.75) is 12.8 Å². The summed E-state index contributed by atoms with van der Waals surface area (Å²) in [7, 11) is 0. The molecule has 1 aliphatic heterocycles. The van der Waals surface area contributed by atoms with E-state index < -0.39 is 11.6 Å². The fourth-order valence-electron chi connectivity index (χ4n) is 1.89. The van der Waals surface area contributed by atoms with Crippen molar-refractivity contribution in [1.29, 1.82) is 0 Å². The van der Waals surface area contributed by atoms with Crippen molar-refractivity contribution in [3.63, 3.8) is 0 Å². The van der Waals surface area contributed by atoms with Crippen LogP contribution in [0.2, 0.25) is 0 Å². The lowest BCUT2D eigenvalue weighted by molar-refractivity contribution is 0.0544. The van der Waals surface area contributed by atoms with E-state index in [1.54, 1.807) is 0 Å². The van der Waals surface area contributed by atoms with Crippen LogP contribution in [0.25, 0.3) is 0 Å². The van der Waals surface area contributed by atoms with Gasteiger partial charge in [0, 0.05) is 30.8 Å².